The van der Waals surface area contributed by atoms with E-state index in [1.807, 2.05) is 13.0 Å². The minimum absolute atomic E-state index is 0.0428. The van der Waals surface area contributed by atoms with Gasteiger partial charge in [0.1, 0.15) is 34.7 Å². The first kappa shape index (κ1) is 26.3. The lowest BCUT2D eigenvalue weighted by atomic mass is 9.96. The molecule has 1 aromatic carbocycles. The van der Waals surface area contributed by atoms with Crippen LogP contribution in [0.25, 0.3) is 11.3 Å². The van der Waals surface area contributed by atoms with Crippen LogP contribution in [-0.2, 0) is 16.1 Å². The fraction of sp³-hybridized carbons (Fsp3) is 0.400. The molecule has 12 heteroatoms. The molecule has 2 heterocycles. The van der Waals surface area contributed by atoms with Gasteiger partial charge in [0.15, 0.2) is 0 Å². The number of benzene rings is 1. The number of likely N-dealkylation sites (tertiary alicyclic amines) is 1. The SMILES string of the molecule is COC1=CC(C)CC=C1C(=O)NCc1ccc(-c2nn(C3CN(C)CC3(F)F)c(N)c2C(N)=O)cc1F. The number of nitrogen functional groups attached to an aromatic ring is 1. The molecule has 37 heavy (non-hydrogen) atoms. The van der Waals surface area contributed by atoms with Crippen LogP contribution < -0.4 is 16.8 Å². The van der Waals surface area contributed by atoms with Crippen LogP contribution in [0.2, 0.25) is 0 Å². The summed E-state index contributed by atoms with van der Waals surface area (Å²) in [6.45, 7) is 1.34. The summed E-state index contributed by atoms with van der Waals surface area (Å²) in [7, 11) is 3.01. The molecule has 0 bridgehead atoms. The number of alkyl halides is 2. The third-order valence-electron chi connectivity index (χ3n) is 6.57. The number of hydrogen-bond donors (Lipinski definition) is 3. The summed E-state index contributed by atoms with van der Waals surface area (Å²) in [5, 5.41) is 6.83. The van der Waals surface area contributed by atoms with Crippen molar-refractivity contribution in [3.05, 3.63) is 58.6 Å². The fourth-order valence-electron chi connectivity index (χ4n) is 4.66. The molecule has 9 nitrogen and oxygen atoms in total. The number of primary amides is 1. The predicted octanol–water partition coefficient (Wildman–Crippen LogP) is 2.60. The fourth-order valence-corrected chi connectivity index (χ4v) is 4.66. The van der Waals surface area contributed by atoms with Gasteiger partial charge in [-0.2, -0.15) is 5.10 Å². The molecule has 198 valence electrons. The van der Waals surface area contributed by atoms with Gasteiger partial charge < -0.3 is 21.5 Å². The molecule has 0 radical (unpaired) electrons. The number of carbonyl (C=O) groups is 2. The van der Waals surface area contributed by atoms with E-state index in [0.717, 1.165) is 10.7 Å². The second-order valence-corrected chi connectivity index (χ2v) is 9.45. The maximum absolute atomic E-state index is 15.0. The molecule has 2 aliphatic rings. The standard InChI is InChI=1S/C25H29F3N6O3/c1-13-4-7-16(18(8-13)37-3)24(36)31-10-15-6-5-14(9-17(15)26)21-20(23(30)35)22(29)34(32-21)19-11-33(2)12-25(19,27)28/h5-9,13,19H,4,10-12,29H2,1-3H3,(H2,30,35)(H,31,36). The molecule has 0 spiro atoms. The molecule has 2 aromatic rings. The molecule has 1 aromatic heterocycles. The first-order chi connectivity index (χ1) is 17.4. The van der Waals surface area contributed by atoms with E-state index in [0.29, 0.717) is 17.8 Å². The van der Waals surface area contributed by atoms with E-state index < -0.39 is 36.1 Å². The summed E-state index contributed by atoms with van der Waals surface area (Å²) in [5.74, 6) is -4.83. The third-order valence-corrected chi connectivity index (χ3v) is 6.57. The van der Waals surface area contributed by atoms with Crippen molar-refractivity contribution < 1.29 is 27.5 Å². The van der Waals surface area contributed by atoms with Crippen LogP contribution in [0, 0.1) is 11.7 Å². The highest BCUT2D eigenvalue weighted by Gasteiger charge is 2.49. The van der Waals surface area contributed by atoms with Crippen molar-refractivity contribution in [2.45, 2.75) is 31.9 Å². The lowest BCUT2D eigenvalue weighted by Gasteiger charge is -2.19. The Bertz CT molecular complexity index is 1300. The highest BCUT2D eigenvalue weighted by Crippen LogP contribution is 2.39. The number of carbonyl (C=O) groups excluding carboxylic acids is 2. The Kier molecular flexibility index (Phi) is 7.05. The second-order valence-electron chi connectivity index (χ2n) is 9.45. The van der Waals surface area contributed by atoms with Gasteiger partial charge in [0.05, 0.1) is 19.2 Å². The number of likely N-dealkylation sites (N-methyl/N-ethyl adjacent to an activating group) is 1. The van der Waals surface area contributed by atoms with Gasteiger partial charge in [-0.15, -0.1) is 0 Å². The maximum Gasteiger partial charge on any atom is 0.283 e. The Morgan fingerprint density at radius 2 is 2.05 bits per heavy atom. The summed E-state index contributed by atoms with van der Waals surface area (Å²) >= 11 is 0. The number of hydrogen-bond acceptors (Lipinski definition) is 6. The van der Waals surface area contributed by atoms with Crippen LogP contribution in [-0.4, -0.2) is 59.7 Å². The van der Waals surface area contributed by atoms with Crippen LogP contribution in [0.15, 0.2) is 41.7 Å². The van der Waals surface area contributed by atoms with E-state index in [1.54, 1.807) is 6.08 Å². The molecule has 1 aliphatic heterocycles. The van der Waals surface area contributed by atoms with E-state index in [2.05, 4.69) is 10.4 Å². The quantitative estimate of drug-likeness (QED) is 0.517. The normalized spacial score (nSPS) is 21.4. The molecule has 1 saturated heterocycles. The molecule has 2 amide bonds. The van der Waals surface area contributed by atoms with Crippen molar-refractivity contribution in [1.82, 2.24) is 20.0 Å². The molecule has 1 fully saturated rings. The Morgan fingerprint density at radius 1 is 1.32 bits per heavy atom. The molecule has 1 aliphatic carbocycles. The minimum atomic E-state index is -3.14. The largest absolute Gasteiger partial charge is 0.496 e. The Labute approximate surface area is 211 Å². The van der Waals surface area contributed by atoms with Crippen molar-refractivity contribution in [1.29, 1.82) is 0 Å². The van der Waals surface area contributed by atoms with Crippen molar-refractivity contribution >= 4 is 17.6 Å². The number of nitrogens with one attached hydrogen (secondary N) is 1. The first-order valence-corrected chi connectivity index (χ1v) is 11.7. The van der Waals surface area contributed by atoms with Gasteiger partial charge in [0.2, 0.25) is 0 Å². The number of nitrogens with two attached hydrogens (primary N) is 2. The Hall–Kier alpha value is -3.80. The van der Waals surface area contributed by atoms with Crippen LogP contribution in [0.1, 0.15) is 35.3 Å². The van der Waals surface area contributed by atoms with Gasteiger partial charge in [-0.1, -0.05) is 25.1 Å². The Balaban J connectivity index is 1.58. The number of anilines is 1. The number of allylic oxidation sites excluding steroid dienone is 2. The zero-order valence-corrected chi connectivity index (χ0v) is 20.7. The summed E-state index contributed by atoms with van der Waals surface area (Å²) < 4.78 is 50.3. The van der Waals surface area contributed by atoms with Gasteiger partial charge in [-0.05, 0) is 31.5 Å². The van der Waals surface area contributed by atoms with Crippen molar-refractivity contribution in [2.24, 2.45) is 11.7 Å². The van der Waals surface area contributed by atoms with Gasteiger partial charge in [0, 0.05) is 24.2 Å². The van der Waals surface area contributed by atoms with Crippen molar-refractivity contribution in [3.8, 4) is 11.3 Å². The van der Waals surface area contributed by atoms with Crippen LogP contribution in [0.5, 0.6) is 0 Å². The molecule has 2 unspecified atom stereocenters. The topological polar surface area (TPSA) is 128 Å². The number of ether oxygens (including phenoxy) is 1. The minimum Gasteiger partial charge on any atom is -0.496 e. The highest BCUT2D eigenvalue weighted by molar-refractivity contribution is 6.03. The van der Waals surface area contributed by atoms with E-state index in [4.69, 9.17) is 16.2 Å². The number of halogens is 3. The van der Waals surface area contributed by atoms with Gasteiger partial charge in [0.25, 0.3) is 17.7 Å². The lowest BCUT2D eigenvalue weighted by molar-refractivity contribution is -0.117. The number of methoxy groups -OCH3 is 1. The zero-order chi connectivity index (χ0) is 27.1. The van der Waals surface area contributed by atoms with E-state index in [9.17, 15) is 18.4 Å². The van der Waals surface area contributed by atoms with E-state index >= 15 is 4.39 Å². The summed E-state index contributed by atoms with van der Waals surface area (Å²) in [6, 6.07) is 2.56. The third kappa shape index (κ3) is 5.06. The molecule has 0 saturated carbocycles. The van der Waals surface area contributed by atoms with Gasteiger partial charge in [-0.3, -0.25) is 14.5 Å². The number of nitrogens with zero attached hydrogens (tertiary/aromatic N) is 3. The lowest BCUT2D eigenvalue weighted by Crippen LogP contribution is -2.31. The second kappa shape index (κ2) is 9.92. The first-order valence-electron chi connectivity index (χ1n) is 11.7. The molecular formula is C25H29F3N6O3. The summed E-state index contributed by atoms with van der Waals surface area (Å²) in [6.07, 6.45) is 4.31. The smallest absolute Gasteiger partial charge is 0.283 e. The summed E-state index contributed by atoms with van der Waals surface area (Å²) in [5.41, 5.74) is 11.8. The molecule has 2 atom stereocenters. The van der Waals surface area contributed by atoms with Crippen LogP contribution in [0.3, 0.4) is 0 Å². The molecule has 5 N–H and O–H groups in total. The molecular weight excluding hydrogens is 489 g/mol. The van der Waals surface area contributed by atoms with E-state index in [-0.39, 0.29) is 47.2 Å². The number of amides is 2. The van der Waals surface area contributed by atoms with Crippen LogP contribution in [0.4, 0.5) is 19.0 Å². The average molecular weight is 519 g/mol. The Morgan fingerprint density at radius 3 is 2.65 bits per heavy atom. The number of rotatable bonds is 7. The maximum atomic E-state index is 15.0. The van der Waals surface area contributed by atoms with Crippen molar-refractivity contribution in [3.63, 3.8) is 0 Å². The predicted molar refractivity (Wildman–Crippen MR) is 131 cm³/mol. The van der Waals surface area contributed by atoms with Crippen LogP contribution >= 0.6 is 0 Å². The zero-order valence-electron chi connectivity index (χ0n) is 20.7. The summed E-state index contributed by atoms with van der Waals surface area (Å²) in [4.78, 5) is 26.2. The highest BCUT2D eigenvalue weighted by atomic mass is 19.3. The van der Waals surface area contributed by atoms with E-state index in [1.165, 1.54) is 31.2 Å². The average Bonchev–Trinajstić information content (AvgIpc) is 3.31. The van der Waals surface area contributed by atoms with Gasteiger partial charge >= 0.3 is 0 Å². The van der Waals surface area contributed by atoms with Gasteiger partial charge in [-0.25, -0.2) is 17.9 Å². The van der Waals surface area contributed by atoms with Crippen molar-refractivity contribution in [2.75, 3.05) is 33.0 Å². The molecule has 4 rings (SSSR count). The monoisotopic (exact) mass is 518 g/mol. The number of aromatic nitrogens is 2.